The normalized spacial score (nSPS) is 11.5. The van der Waals surface area contributed by atoms with Crippen LogP contribution in [0.5, 0.6) is 5.75 Å². The first-order valence-electron chi connectivity index (χ1n) is 10.1. The quantitative estimate of drug-likeness (QED) is 0.238. The molecule has 3 rings (SSSR count). The van der Waals surface area contributed by atoms with E-state index in [9.17, 15) is 14.0 Å². The first kappa shape index (κ1) is 25.3. The van der Waals surface area contributed by atoms with Crippen molar-refractivity contribution in [3.8, 4) is 5.75 Å². The second-order valence-electron chi connectivity index (χ2n) is 6.98. The van der Waals surface area contributed by atoms with E-state index in [1.165, 1.54) is 55.3 Å². The zero-order valence-corrected chi connectivity index (χ0v) is 20.0. The Morgan fingerprint density at radius 1 is 1.26 bits per heavy atom. The number of hydrogen-bond donors (Lipinski definition) is 1. The summed E-state index contributed by atoms with van der Waals surface area (Å²) < 4.78 is 25.5. The van der Waals surface area contributed by atoms with Crippen LogP contribution in [0, 0.1) is 5.82 Å². The Bertz CT molecular complexity index is 1190. The van der Waals surface area contributed by atoms with Crippen LogP contribution in [0.15, 0.2) is 60.3 Å². The molecule has 178 valence electrons. The molecule has 0 aliphatic heterocycles. The van der Waals surface area contributed by atoms with Gasteiger partial charge in [0, 0.05) is 12.2 Å². The van der Waals surface area contributed by atoms with Crippen molar-refractivity contribution in [2.75, 3.05) is 18.2 Å². The molecule has 0 fully saturated rings. The third-order valence-corrected chi connectivity index (χ3v) is 5.83. The molecule has 34 heavy (non-hydrogen) atoms. The van der Waals surface area contributed by atoms with E-state index in [0.717, 1.165) is 0 Å². The molecule has 3 aromatic rings. The van der Waals surface area contributed by atoms with Gasteiger partial charge in [0.25, 0.3) is 0 Å². The number of halogens is 2. The highest BCUT2D eigenvalue weighted by Crippen LogP contribution is 2.26. The Morgan fingerprint density at radius 2 is 2.00 bits per heavy atom. The number of rotatable bonds is 10. The highest BCUT2D eigenvalue weighted by atomic mass is 35.5. The Kier molecular flexibility index (Phi) is 8.67. The van der Waals surface area contributed by atoms with Crippen LogP contribution in [-0.2, 0) is 16.1 Å². The number of methoxy groups -OCH3 is 1. The lowest BCUT2D eigenvalue weighted by atomic mass is 10.2. The van der Waals surface area contributed by atoms with Gasteiger partial charge in [0.15, 0.2) is 17.1 Å². The highest BCUT2D eigenvalue weighted by Gasteiger charge is 2.20. The lowest BCUT2D eigenvalue weighted by molar-refractivity contribution is -0.113. The van der Waals surface area contributed by atoms with Gasteiger partial charge >= 0.3 is 5.97 Å². The predicted molar refractivity (Wildman–Crippen MR) is 128 cm³/mol. The number of carbonyl (C=O) groups excluding carboxylic acids is 2. The third kappa shape index (κ3) is 6.36. The maximum Gasteiger partial charge on any atom is 0.339 e. The standard InChI is InChI=1S/C23H22ClFN4O4S/c1-4-11-29-21(14(2)33-17-8-5-15(25)6-9-17)27-28-23(29)34-13-20(30)26-16-7-10-19(24)18(12-16)22(31)32-3/h4-10,12,14H,1,11,13H2,2-3H3,(H,26,30). The van der Waals surface area contributed by atoms with E-state index in [1.54, 1.807) is 23.6 Å². The molecule has 1 aromatic heterocycles. The summed E-state index contributed by atoms with van der Waals surface area (Å²) in [7, 11) is 1.25. The molecule has 1 N–H and O–H groups in total. The first-order chi connectivity index (χ1) is 16.3. The summed E-state index contributed by atoms with van der Waals surface area (Å²) in [6, 6.07) is 10.2. The van der Waals surface area contributed by atoms with Crippen molar-refractivity contribution in [2.45, 2.75) is 24.7 Å². The van der Waals surface area contributed by atoms with Crippen LogP contribution in [-0.4, -0.2) is 39.5 Å². The number of nitrogens with one attached hydrogen (secondary N) is 1. The molecule has 0 radical (unpaired) electrons. The van der Waals surface area contributed by atoms with Crippen molar-refractivity contribution >= 4 is 40.9 Å². The molecule has 1 amide bonds. The van der Waals surface area contributed by atoms with Gasteiger partial charge in [0.05, 0.1) is 23.4 Å². The average Bonchev–Trinajstić information content (AvgIpc) is 3.23. The van der Waals surface area contributed by atoms with Crippen molar-refractivity contribution in [2.24, 2.45) is 0 Å². The second-order valence-corrected chi connectivity index (χ2v) is 8.33. The summed E-state index contributed by atoms with van der Waals surface area (Å²) in [6.45, 7) is 5.97. The summed E-state index contributed by atoms with van der Waals surface area (Å²) in [4.78, 5) is 24.3. The summed E-state index contributed by atoms with van der Waals surface area (Å²) in [5.74, 6) is -0.200. The van der Waals surface area contributed by atoms with Gasteiger partial charge in [-0.2, -0.15) is 0 Å². The molecule has 0 spiro atoms. The summed E-state index contributed by atoms with van der Waals surface area (Å²) >= 11 is 7.20. The Balaban J connectivity index is 1.67. The minimum atomic E-state index is -0.600. The monoisotopic (exact) mass is 504 g/mol. The second kappa shape index (κ2) is 11.7. The molecular formula is C23H22ClFN4O4S. The van der Waals surface area contributed by atoms with Crippen LogP contribution in [0.25, 0.3) is 0 Å². The largest absolute Gasteiger partial charge is 0.483 e. The molecule has 1 unspecified atom stereocenters. The van der Waals surface area contributed by atoms with Crippen molar-refractivity contribution in [3.63, 3.8) is 0 Å². The van der Waals surface area contributed by atoms with Gasteiger partial charge in [-0.15, -0.1) is 16.8 Å². The van der Waals surface area contributed by atoms with Crippen LogP contribution < -0.4 is 10.1 Å². The number of aromatic nitrogens is 3. The van der Waals surface area contributed by atoms with Crippen LogP contribution in [0.2, 0.25) is 5.02 Å². The van der Waals surface area contributed by atoms with E-state index >= 15 is 0 Å². The molecule has 0 aliphatic rings. The van der Waals surface area contributed by atoms with Crippen LogP contribution in [0.3, 0.4) is 0 Å². The minimum Gasteiger partial charge on any atom is -0.483 e. The van der Waals surface area contributed by atoms with Crippen LogP contribution >= 0.6 is 23.4 Å². The lowest BCUT2D eigenvalue weighted by Gasteiger charge is -2.15. The number of esters is 1. The lowest BCUT2D eigenvalue weighted by Crippen LogP contribution is -2.16. The Hall–Kier alpha value is -3.37. The Morgan fingerprint density at radius 3 is 2.68 bits per heavy atom. The number of allylic oxidation sites excluding steroid dienone is 1. The molecule has 11 heteroatoms. The molecule has 1 atom stereocenters. The summed E-state index contributed by atoms with van der Waals surface area (Å²) in [6.07, 6.45) is 1.20. The predicted octanol–water partition coefficient (Wildman–Crippen LogP) is 4.91. The number of nitrogens with zero attached hydrogens (tertiary/aromatic N) is 3. The minimum absolute atomic E-state index is 0.0403. The fourth-order valence-electron chi connectivity index (χ4n) is 2.97. The zero-order chi connectivity index (χ0) is 24.7. The van der Waals surface area contributed by atoms with E-state index in [0.29, 0.717) is 29.0 Å². The SMILES string of the molecule is C=CCn1c(SCC(=O)Nc2ccc(Cl)c(C(=O)OC)c2)nnc1C(C)Oc1ccc(F)cc1. The van der Waals surface area contributed by atoms with Gasteiger partial charge in [0.2, 0.25) is 5.91 Å². The van der Waals surface area contributed by atoms with Crippen LogP contribution in [0.1, 0.15) is 29.2 Å². The van der Waals surface area contributed by atoms with E-state index in [2.05, 4.69) is 26.8 Å². The summed E-state index contributed by atoms with van der Waals surface area (Å²) in [5, 5.41) is 11.8. The van der Waals surface area contributed by atoms with Gasteiger partial charge in [-0.1, -0.05) is 29.4 Å². The van der Waals surface area contributed by atoms with Gasteiger partial charge < -0.3 is 14.8 Å². The first-order valence-corrected chi connectivity index (χ1v) is 11.5. The number of carbonyl (C=O) groups is 2. The molecule has 0 bridgehead atoms. The topological polar surface area (TPSA) is 95.3 Å². The number of hydrogen-bond acceptors (Lipinski definition) is 7. The summed E-state index contributed by atoms with van der Waals surface area (Å²) in [5.41, 5.74) is 0.560. The Labute approximate surface area is 205 Å². The zero-order valence-electron chi connectivity index (χ0n) is 18.5. The van der Waals surface area contributed by atoms with Crippen molar-refractivity contribution < 1.29 is 23.5 Å². The van der Waals surface area contributed by atoms with Crippen molar-refractivity contribution in [1.29, 1.82) is 0 Å². The highest BCUT2D eigenvalue weighted by molar-refractivity contribution is 7.99. The maximum absolute atomic E-state index is 13.1. The third-order valence-electron chi connectivity index (χ3n) is 4.54. The fourth-order valence-corrected chi connectivity index (χ4v) is 3.92. The van der Waals surface area contributed by atoms with E-state index in [1.807, 2.05) is 0 Å². The van der Waals surface area contributed by atoms with E-state index in [4.69, 9.17) is 16.3 Å². The van der Waals surface area contributed by atoms with Gasteiger partial charge in [-0.25, -0.2) is 9.18 Å². The van der Waals surface area contributed by atoms with Crippen LogP contribution in [0.4, 0.5) is 10.1 Å². The number of anilines is 1. The van der Waals surface area contributed by atoms with E-state index in [-0.39, 0.29) is 28.1 Å². The molecule has 8 nitrogen and oxygen atoms in total. The van der Waals surface area contributed by atoms with Gasteiger partial charge in [-0.05, 0) is 49.4 Å². The molecule has 0 aliphatic carbocycles. The average molecular weight is 505 g/mol. The fraction of sp³-hybridized carbons (Fsp3) is 0.217. The van der Waals surface area contributed by atoms with Crippen molar-refractivity contribution in [1.82, 2.24) is 14.8 Å². The number of ether oxygens (including phenoxy) is 2. The molecule has 1 heterocycles. The molecular weight excluding hydrogens is 483 g/mol. The molecule has 0 saturated heterocycles. The molecule has 2 aromatic carbocycles. The van der Waals surface area contributed by atoms with E-state index < -0.39 is 12.1 Å². The van der Waals surface area contributed by atoms with Gasteiger partial charge in [-0.3, -0.25) is 9.36 Å². The van der Waals surface area contributed by atoms with Crippen molar-refractivity contribution in [3.05, 3.63) is 77.3 Å². The molecule has 0 saturated carbocycles. The van der Waals surface area contributed by atoms with Gasteiger partial charge in [0.1, 0.15) is 11.6 Å². The number of amides is 1. The number of thioether (sulfide) groups is 1. The maximum atomic E-state index is 13.1. The number of benzene rings is 2. The smallest absolute Gasteiger partial charge is 0.339 e.